The Morgan fingerprint density at radius 1 is 1.29 bits per heavy atom. The van der Waals surface area contributed by atoms with Gasteiger partial charge in [-0.25, -0.2) is 8.42 Å². The summed E-state index contributed by atoms with van der Waals surface area (Å²) in [5, 5.41) is 9.56. The van der Waals surface area contributed by atoms with Gasteiger partial charge in [-0.15, -0.1) is 0 Å². The fourth-order valence-electron chi connectivity index (χ4n) is 1.91. The second kappa shape index (κ2) is 6.51. The third-order valence-corrected chi connectivity index (χ3v) is 5.37. The molecular formula is C14H13ClINO3S. The molecule has 112 valence electrons. The molecule has 2 N–H and O–H groups in total. The molecule has 0 saturated carbocycles. The fraction of sp³-hybridized carbons (Fsp3) is 0.143. The van der Waals surface area contributed by atoms with Crippen molar-refractivity contribution < 1.29 is 13.5 Å². The van der Waals surface area contributed by atoms with Crippen LogP contribution in [0.25, 0.3) is 0 Å². The van der Waals surface area contributed by atoms with Gasteiger partial charge in [-0.3, -0.25) is 4.72 Å². The molecule has 4 nitrogen and oxygen atoms in total. The van der Waals surface area contributed by atoms with Gasteiger partial charge in [0.05, 0.1) is 11.5 Å². The molecule has 0 atom stereocenters. The van der Waals surface area contributed by atoms with Crippen LogP contribution in [0.15, 0.2) is 41.3 Å². The molecule has 0 aliphatic carbocycles. The lowest BCUT2D eigenvalue weighted by Gasteiger charge is -2.13. The van der Waals surface area contributed by atoms with Crippen LogP contribution in [0.2, 0.25) is 5.02 Å². The Hall–Kier alpha value is -0.830. The van der Waals surface area contributed by atoms with Crippen LogP contribution in [0, 0.1) is 10.5 Å². The van der Waals surface area contributed by atoms with E-state index in [9.17, 15) is 13.5 Å². The highest BCUT2D eigenvalue weighted by Crippen LogP contribution is 2.26. The van der Waals surface area contributed by atoms with Crippen LogP contribution in [0.1, 0.15) is 11.1 Å². The van der Waals surface area contributed by atoms with Crippen molar-refractivity contribution in [3.63, 3.8) is 0 Å². The standard InChI is InChI=1S/C14H13ClINO3S/c1-9-10(8-18)5-11(15)6-14(9)21(19,20)17-13-4-2-3-12(16)7-13/h2-7,17-18H,8H2,1H3. The van der Waals surface area contributed by atoms with Crippen molar-refractivity contribution in [3.05, 3.63) is 56.1 Å². The van der Waals surface area contributed by atoms with Crippen LogP contribution in [-0.4, -0.2) is 13.5 Å². The van der Waals surface area contributed by atoms with Crippen molar-refractivity contribution in [1.82, 2.24) is 0 Å². The van der Waals surface area contributed by atoms with E-state index in [-0.39, 0.29) is 16.5 Å². The van der Waals surface area contributed by atoms with E-state index in [4.69, 9.17) is 11.6 Å². The number of rotatable bonds is 4. The number of anilines is 1. The SMILES string of the molecule is Cc1c(CO)cc(Cl)cc1S(=O)(=O)Nc1cccc(I)c1. The minimum atomic E-state index is -3.76. The molecule has 0 aromatic heterocycles. The van der Waals surface area contributed by atoms with E-state index in [1.165, 1.54) is 6.07 Å². The van der Waals surface area contributed by atoms with E-state index in [0.717, 1.165) is 3.57 Å². The molecule has 0 saturated heterocycles. The van der Waals surface area contributed by atoms with E-state index in [2.05, 4.69) is 27.3 Å². The summed E-state index contributed by atoms with van der Waals surface area (Å²) in [4.78, 5) is 0.0675. The van der Waals surface area contributed by atoms with Gasteiger partial charge in [0, 0.05) is 14.3 Å². The van der Waals surface area contributed by atoms with Gasteiger partial charge in [-0.05, 0) is 71.0 Å². The number of halogens is 2. The second-order valence-corrected chi connectivity index (χ2v) is 7.79. The summed E-state index contributed by atoms with van der Waals surface area (Å²) in [6.07, 6.45) is 0. The highest BCUT2D eigenvalue weighted by molar-refractivity contribution is 14.1. The average molecular weight is 438 g/mol. The van der Waals surface area contributed by atoms with Crippen LogP contribution < -0.4 is 4.72 Å². The molecule has 0 bridgehead atoms. The monoisotopic (exact) mass is 437 g/mol. The van der Waals surface area contributed by atoms with E-state index in [0.29, 0.717) is 16.8 Å². The number of nitrogens with one attached hydrogen (secondary N) is 1. The number of hydrogen-bond acceptors (Lipinski definition) is 3. The summed E-state index contributed by atoms with van der Waals surface area (Å²) < 4.78 is 28.4. The Bertz CT molecular complexity index is 778. The number of hydrogen-bond donors (Lipinski definition) is 2. The summed E-state index contributed by atoms with van der Waals surface area (Å²) in [6, 6.07) is 9.97. The fourth-order valence-corrected chi connectivity index (χ4v) is 4.13. The Morgan fingerprint density at radius 2 is 2.00 bits per heavy atom. The quantitative estimate of drug-likeness (QED) is 0.719. The number of sulfonamides is 1. The first-order valence-corrected chi connectivity index (χ1v) is 8.96. The highest BCUT2D eigenvalue weighted by atomic mass is 127. The summed E-state index contributed by atoms with van der Waals surface area (Å²) >= 11 is 8.04. The van der Waals surface area contributed by atoms with Gasteiger partial charge in [-0.2, -0.15) is 0 Å². The molecule has 2 aromatic rings. The van der Waals surface area contributed by atoms with Crippen molar-refractivity contribution in [1.29, 1.82) is 0 Å². The van der Waals surface area contributed by atoms with Gasteiger partial charge in [0.1, 0.15) is 0 Å². The topological polar surface area (TPSA) is 66.4 Å². The summed E-state index contributed by atoms with van der Waals surface area (Å²) in [5.74, 6) is 0. The van der Waals surface area contributed by atoms with Crippen LogP contribution in [0.3, 0.4) is 0 Å². The Balaban J connectivity index is 2.47. The summed E-state index contributed by atoms with van der Waals surface area (Å²) in [7, 11) is -3.76. The first kappa shape index (κ1) is 16.5. The number of aliphatic hydroxyl groups excluding tert-OH is 1. The predicted octanol–water partition coefficient (Wildman–Crippen LogP) is 3.55. The molecule has 0 heterocycles. The molecule has 0 spiro atoms. The lowest BCUT2D eigenvalue weighted by Crippen LogP contribution is -2.15. The van der Waals surface area contributed by atoms with E-state index in [1.807, 2.05) is 6.07 Å². The molecule has 2 aromatic carbocycles. The van der Waals surface area contributed by atoms with Gasteiger partial charge < -0.3 is 5.11 Å². The Labute approximate surface area is 142 Å². The first-order chi connectivity index (χ1) is 9.83. The summed E-state index contributed by atoms with van der Waals surface area (Å²) in [5.41, 5.74) is 1.46. The molecule has 0 fully saturated rings. The lowest BCUT2D eigenvalue weighted by atomic mass is 10.1. The van der Waals surface area contributed by atoms with Crippen molar-refractivity contribution in [2.75, 3.05) is 4.72 Å². The largest absolute Gasteiger partial charge is 0.392 e. The minimum Gasteiger partial charge on any atom is -0.392 e. The first-order valence-electron chi connectivity index (χ1n) is 6.02. The van der Waals surface area contributed by atoms with Crippen molar-refractivity contribution in [3.8, 4) is 0 Å². The zero-order valence-corrected chi connectivity index (χ0v) is 14.8. The van der Waals surface area contributed by atoms with Crippen LogP contribution in [0.4, 0.5) is 5.69 Å². The lowest BCUT2D eigenvalue weighted by molar-refractivity contribution is 0.280. The maximum absolute atomic E-state index is 12.5. The summed E-state index contributed by atoms with van der Waals surface area (Å²) in [6.45, 7) is 1.38. The third-order valence-electron chi connectivity index (χ3n) is 2.97. The van der Waals surface area contributed by atoms with Crippen molar-refractivity contribution in [2.45, 2.75) is 18.4 Å². The smallest absolute Gasteiger partial charge is 0.262 e. The highest BCUT2D eigenvalue weighted by Gasteiger charge is 2.20. The zero-order chi connectivity index (χ0) is 15.6. The van der Waals surface area contributed by atoms with Gasteiger partial charge in [0.2, 0.25) is 0 Å². The normalized spacial score (nSPS) is 11.4. The Kier molecular flexibility index (Phi) is 5.13. The van der Waals surface area contributed by atoms with Gasteiger partial charge in [0.25, 0.3) is 10.0 Å². The molecule has 7 heteroatoms. The number of benzene rings is 2. The van der Waals surface area contributed by atoms with E-state index >= 15 is 0 Å². The van der Waals surface area contributed by atoms with Gasteiger partial charge in [0.15, 0.2) is 0 Å². The molecule has 0 aliphatic heterocycles. The second-order valence-electron chi connectivity index (χ2n) is 4.46. The zero-order valence-electron chi connectivity index (χ0n) is 11.1. The average Bonchev–Trinajstić information content (AvgIpc) is 2.40. The molecule has 0 amide bonds. The molecule has 21 heavy (non-hydrogen) atoms. The third kappa shape index (κ3) is 3.88. The van der Waals surface area contributed by atoms with Crippen molar-refractivity contribution in [2.24, 2.45) is 0 Å². The predicted molar refractivity (Wildman–Crippen MR) is 92.1 cm³/mol. The van der Waals surface area contributed by atoms with Crippen LogP contribution >= 0.6 is 34.2 Å². The molecule has 0 aliphatic rings. The maximum atomic E-state index is 12.5. The van der Waals surface area contributed by atoms with Gasteiger partial charge >= 0.3 is 0 Å². The van der Waals surface area contributed by atoms with E-state index < -0.39 is 10.0 Å². The number of aliphatic hydroxyl groups is 1. The molecule has 0 radical (unpaired) electrons. The minimum absolute atomic E-state index is 0.0675. The van der Waals surface area contributed by atoms with Crippen LogP contribution in [-0.2, 0) is 16.6 Å². The van der Waals surface area contributed by atoms with Gasteiger partial charge in [-0.1, -0.05) is 17.7 Å². The Morgan fingerprint density at radius 3 is 2.62 bits per heavy atom. The molecule has 2 rings (SSSR count). The molecule has 0 unspecified atom stereocenters. The maximum Gasteiger partial charge on any atom is 0.262 e. The van der Waals surface area contributed by atoms with Crippen LogP contribution in [0.5, 0.6) is 0 Å². The van der Waals surface area contributed by atoms with Crippen molar-refractivity contribution >= 4 is 49.9 Å². The molecular weight excluding hydrogens is 425 g/mol. The van der Waals surface area contributed by atoms with E-state index in [1.54, 1.807) is 31.2 Å².